The van der Waals surface area contributed by atoms with Gasteiger partial charge in [-0.25, -0.2) is 4.79 Å². The fourth-order valence-corrected chi connectivity index (χ4v) is 1.19. The lowest BCUT2D eigenvalue weighted by Gasteiger charge is -1.97. The summed E-state index contributed by atoms with van der Waals surface area (Å²) in [5.74, 6) is -0.279. The summed E-state index contributed by atoms with van der Waals surface area (Å²) in [5, 5.41) is 0.905. The molecule has 0 atom stereocenters. The first-order valence-corrected chi connectivity index (χ1v) is 4.53. The second kappa shape index (κ2) is 3.61. The third-order valence-corrected chi connectivity index (χ3v) is 1.94. The minimum atomic E-state index is -0.478. The SMILES string of the molecule is C=C(C)C(=O)Oc1cc2ccccc2o1. The Kier molecular flexibility index (Phi) is 2.29. The van der Waals surface area contributed by atoms with Gasteiger partial charge in [-0.3, -0.25) is 0 Å². The van der Waals surface area contributed by atoms with Gasteiger partial charge in [0.15, 0.2) is 0 Å². The summed E-state index contributed by atoms with van der Waals surface area (Å²) in [6.07, 6.45) is 0. The van der Waals surface area contributed by atoms with Crippen LogP contribution in [-0.2, 0) is 4.79 Å². The standard InChI is InChI=1S/C12H10O3/c1-8(2)12(13)15-11-7-9-5-3-4-6-10(9)14-11/h3-7H,1H2,2H3. The molecule has 0 saturated heterocycles. The summed E-state index contributed by atoms with van der Waals surface area (Å²) in [5.41, 5.74) is 1.04. The third kappa shape index (κ3) is 1.91. The Bertz CT molecular complexity index is 489. The predicted molar refractivity (Wildman–Crippen MR) is 56.7 cm³/mol. The molecule has 0 spiro atoms. The van der Waals surface area contributed by atoms with E-state index < -0.39 is 5.97 Å². The van der Waals surface area contributed by atoms with Gasteiger partial charge in [0.05, 0.1) is 0 Å². The summed E-state index contributed by atoms with van der Waals surface area (Å²) in [7, 11) is 0. The average molecular weight is 202 g/mol. The zero-order chi connectivity index (χ0) is 10.8. The van der Waals surface area contributed by atoms with Crippen LogP contribution in [-0.4, -0.2) is 5.97 Å². The van der Waals surface area contributed by atoms with E-state index in [2.05, 4.69) is 6.58 Å². The van der Waals surface area contributed by atoms with E-state index >= 15 is 0 Å². The molecule has 1 heterocycles. The maximum Gasteiger partial charge on any atom is 0.340 e. The Morgan fingerprint density at radius 3 is 2.80 bits per heavy atom. The smallest absolute Gasteiger partial charge is 0.340 e. The lowest BCUT2D eigenvalue weighted by Crippen LogP contribution is -2.07. The third-order valence-electron chi connectivity index (χ3n) is 1.94. The van der Waals surface area contributed by atoms with E-state index in [4.69, 9.17) is 9.15 Å². The molecular weight excluding hydrogens is 192 g/mol. The summed E-state index contributed by atoms with van der Waals surface area (Å²) >= 11 is 0. The first-order chi connectivity index (χ1) is 7.16. The zero-order valence-electron chi connectivity index (χ0n) is 8.32. The number of rotatable bonds is 2. The van der Waals surface area contributed by atoms with E-state index in [9.17, 15) is 4.79 Å². The van der Waals surface area contributed by atoms with E-state index in [1.54, 1.807) is 13.0 Å². The van der Waals surface area contributed by atoms with Gasteiger partial charge >= 0.3 is 5.97 Å². The summed E-state index contributed by atoms with van der Waals surface area (Å²) in [6.45, 7) is 5.08. The number of hydrogen-bond donors (Lipinski definition) is 0. The molecule has 0 unspecified atom stereocenters. The van der Waals surface area contributed by atoms with Gasteiger partial charge in [0.2, 0.25) is 0 Å². The molecular formula is C12H10O3. The van der Waals surface area contributed by atoms with Crippen LogP contribution in [0.2, 0.25) is 0 Å². The van der Waals surface area contributed by atoms with E-state index in [1.165, 1.54) is 0 Å². The normalized spacial score (nSPS) is 10.2. The molecule has 15 heavy (non-hydrogen) atoms. The number of furan rings is 1. The van der Waals surface area contributed by atoms with Crippen molar-refractivity contribution in [2.75, 3.05) is 0 Å². The van der Waals surface area contributed by atoms with Crippen LogP contribution in [0.5, 0.6) is 5.95 Å². The molecule has 0 aliphatic heterocycles. The maximum absolute atomic E-state index is 11.2. The first kappa shape index (κ1) is 9.52. The van der Waals surface area contributed by atoms with Crippen LogP contribution >= 0.6 is 0 Å². The Morgan fingerprint density at radius 2 is 2.13 bits per heavy atom. The Morgan fingerprint density at radius 1 is 1.40 bits per heavy atom. The van der Waals surface area contributed by atoms with Crippen LogP contribution < -0.4 is 4.74 Å². The van der Waals surface area contributed by atoms with Gasteiger partial charge in [-0.2, -0.15) is 0 Å². The number of benzene rings is 1. The van der Waals surface area contributed by atoms with Crippen molar-refractivity contribution < 1.29 is 13.9 Å². The molecule has 0 fully saturated rings. The van der Waals surface area contributed by atoms with Gasteiger partial charge in [-0.15, -0.1) is 0 Å². The van der Waals surface area contributed by atoms with Crippen LogP contribution in [0.15, 0.2) is 46.9 Å². The molecule has 0 amide bonds. The highest BCUT2D eigenvalue weighted by molar-refractivity contribution is 5.89. The van der Waals surface area contributed by atoms with Gasteiger partial charge in [0.25, 0.3) is 5.95 Å². The zero-order valence-corrected chi connectivity index (χ0v) is 8.32. The molecule has 0 saturated carbocycles. The molecule has 2 aromatic rings. The van der Waals surface area contributed by atoms with Crippen molar-refractivity contribution in [1.29, 1.82) is 0 Å². The summed E-state index contributed by atoms with van der Waals surface area (Å²) < 4.78 is 10.3. The second-order valence-corrected chi connectivity index (χ2v) is 3.27. The molecule has 0 N–H and O–H groups in total. The highest BCUT2D eigenvalue weighted by Gasteiger charge is 2.09. The molecule has 0 radical (unpaired) electrons. The van der Waals surface area contributed by atoms with Crippen LogP contribution in [0.25, 0.3) is 11.0 Å². The molecule has 1 aromatic heterocycles. The molecule has 76 valence electrons. The summed E-state index contributed by atoms with van der Waals surface area (Å²) in [4.78, 5) is 11.2. The number of hydrogen-bond acceptors (Lipinski definition) is 3. The molecule has 0 aliphatic carbocycles. The number of esters is 1. The van der Waals surface area contributed by atoms with Crippen molar-refractivity contribution in [2.24, 2.45) is 0 Å². The lowest BCUT2D eigenvalue weighted by molar-refractivity contribution is -0.131. The highest BCUT2D eigenvalue weighted by Crippen LogP contribution is 2.24. The second-order valence-electron chi connectivity index (χ2n) is 3.27. The number of carbonyl (C=O) groups is 1. The van der Waals surface area contributed by atoms with E-state index in [1.807, 2.05) is 24.3 Å². The van der Waals surface area contributed by atoms with Gasteiger partial charge in [0, 0.05) is 17.0 Å². The minimum absolute atomic E-state index is 0.198. The fraction of sp³-hybridized carbons (Fsp3) is 0.0833. The van der Waals surface area contributed by atoms with Crippen molar-refractivity contribution in [2.45, 2.75) is 6.92 Å². The topological polar surface area (TPSA) is 39.4 Å². The maximum atomic E-state index is 11.2. The lowest BCUT2D eigenvalue weighted by atomic mass is 10.3. The fourth-order valence-electron chi connectivity index (χ4n) is 1.19. The van der Waals surface area contributed by atoms with Gasteiger partial charge in [-0.05, 0) is 13.0 Å². The number of fused-ring (bicyclic) bond motifs is 1. The van der Waals surface area contributed by atoms with Gasteiger partial charge < -0.3 is 9.15 Å². The van der Waals surface area contributed by atoms with Gasteiger partial charge in [-0.1, -0.05) is 24.8 Å². The van der Waals surface area contributed by atoms with Crippen molar-refractivity contribution >= 4 is 16.9 Å². The summed E-state index contributed by atoms with van der Waals surface area (Å²) in [6, 6.07) is 9.12. The first-order valence-electron chi connectivity index (χ1n) is 4.53. The molecule has 0 aliphatic rings. The van der Waals surface area contributed by atoms with Crippen LogP contribution in [0.3, 0.4) is 0 Å². The Hall–Kier alpha value is -2.03. The Balaban J connectivity index is 2.30. The van der Waals surface area contributed by atoms with Crippen molar-refractivity contribution in [1.82, 2.24) is 0 Å². The van der Waals surface area contributed by atoms with Crippen molar-refractivity contribution in [3.8, 4) is 5.95 Å². The molecule has 0 bridgehead atoms. The van der Waals surface area contributed by atoms with E-state index in [0.717, 1.165) is 5.39 Å². The molecule has 3 heteroatoms. The average Bonchev–Trinajstić information content (AvgIpc) is 2.59. The molecule has 1 aromatic carbocycles. The molecule has 2 rings (SSSR count). The number of carbonyl (C=O) groups excluding carboxylic acids is 1. The minimum Gasteiger partial charge on any atom is -0.425 e. The predicted octanol–water partition coefficient (Wildman–Crippen LogP) is 2.91. The largest absolute Gasteiger partial charge is 0.425 e. The van der Waals surface area contributed by atoms with E-state index in [0.29, 0.717) is 11.2 Å². The highest BCUT2D eigenvalue weighted by atomic mass is 16.6. The quantitative estimate of drug-likeness (QED) is 0.555. The van der Waals surface area contributed by atoms with Crippen LogP contribution in [0, 0.1) is 0 Å². The van der Waals surface area contributed by atoms with Crippen molar-refractivity contribution in [3.63, 3.8) is 0 Å². The number of ether oxygens (including phenoxy) is 1. The molecule has 3 nitrogen and oxygen atoms in total. The van der Waals surface area contributed by atoms with Gasteiger partial charge in [0.1, 0.15) is 5.58 Å². The van der Waals surface area contributed by atoms with Crippen molar-refractivity contribution in [3.05, 3.63) is 42.5 Å². The monoisotopic (exact) mass is 202 g/mol. The van der Waals surface area contributed by atoms with Crippen LogP contribution in [0.1, 0.15) is 6.92 Å². The van der Waals surface area contributed by atoms with E-state index in [-0.39, 0.29) is 5.95 Å². The van der Waals surface area contributed by atoms with Crippen LogP contribution in [0.4, 0.5) is 0 Å². The number of para-hydroxylation sites is 1. The Labute approximate surface area is 87.0 Å².